The Morgan fingerprint density at radius 1 is 0.943 bits per heavy atom. The van der Waals surface area contributed by atoms with Crippen LogP contribution >= 0.6 is 0 Å². The van der Waals surface area contributed by atoms with E-state index in [4.69, 9.17) is 4.74 Å². The summed E-state index contributed by atoms with van der Waals surface area (Å²) in [7, 11) is 1.63. The number of pyridine rings is 1. The lowest BCUT2D eigenvalue weighted by Gasteiger charge is -2.20. The van der Waals surface area contributed by atoms with Crippen LogP contribution in [-0.4, -0.2) is 41.5 Å². The number of rotatable bonds is 5. The van der Waals surface area contributed by atoms with Gasteiger partial charge in [-0.2, -0.15) is 0 Å². The van der Waals surface area contributed by atoms with Gasteiger partial charge in [0.1, 0.15) is 0 Å². The van der Waals surface area contributed by atoms with Crippen molar-refractivity contribution in [2.45, 2.75) is 12.5 Å². The first-order chi connectivity index (χ1) is 17.2. The minimum atomic E-state index is -0.278. The second-order valence-corrected chi connectivity index (χ2v) is 8.38. The molecule has 2 amide bonds. The lowest BCUT2D eigenvalue weighted by Crippen LogP contribution is -2.30. The van der Waals surface area contributed by atoms with E-state index in [0.717, 1.165) is 16.5 Å². The number of methoxy groups -OCH3 is 1. The van der Waals surface area contributed by atoms with Crippen LogP contribution in [0, 0.1) is 0 Å². The van der Waals surface area contributed by atoms with Crippen LogP contribution in [0.1, 0.15) is 27.1 Å². The third-order valence-electron chi connectivity index (χ3n) is 6.24. The molecule has 2 heterocycles. The van der Waals surface area contributed by atoms with Gasteiger partial charge in [0, 0.05) is 42.6 Å². The van der Waals surface area contributed by atoms with E-state index in [0.29, 0.717) is 35.3 Å². The molecule has 174 valence electrons. The average Bonchev–Trinajstić information content (AvgIpc) is 3.35. The summed E-state index contributed by atoms with van der Waals surface area (Å²) in [5, 5.41) is 3.76. The summed E-state index contributed by atoms with van der Waals surface area (Å²) in [6, 6.07) is 26.7. The normalized spacial score (nSPS) is 16.5. The van der Waals surface area contributed by atoms with Gasteiger partial charge in [-0.25, -0.2) is 0 Å². The maximum absolute atomic E-state index is 13.7. The number of likely N-dealkylation sites (tertiary alicyclic amines) is 1. The average molecular weight is 464 g/mol. The lowest BCUT2D eigenvalue weighted by atomic mass is 9.99. The SMILES string of the molecule is COC1CC(=CNC(=O)c2cccc3cccnc23)N(C(=O)c2ccccc2-c2ccccc2)C1. The number of para-hydroxylation sites is 1. The van der Waals surface area contributed by atoms with Crippen molar-refractivity contribution in [1.82, 2.24) is 15.2 Å². The van der Waals surface area contributed by atoms with E-state index in [1.807, 2.05) is 78.9 Å². The van der Waals surface area contributed by atoms with E-state index in [1.165, 1.54) is 0 Å². The van der Waals surface area contributed by atoms with Crippen molar-refractivity contribution < 1.29 is 14.3 Å². The van der Waals surface area contributed by atoms with Crippen molar-refractivity contribution in [3.8, 4) is 11.1 Å². The van der Waals surface area contributed by atoms with Crippen LogP contribution in [-0.2, 0) is 4.74 Å². The van der Waals surface area contributed by atoms with Crippen molar-refractivity contribution in [3.63, 3.8) is 0 Å². The van der Waals surface area contributed by atoms with Crippen LogP contribution in [0.15, 0.2) is 103 Å². The van der Waals surface area contributed by atoms with Crippen molar-refractivity contribution in [2.24, 2.45) is 0 Å². The minimum Gasteiger partial charge on any atom is -0.379 e. The fraction of sp³-hybridized carbons (Fsp3) is 0.138. The predicted molar refractivity (Wildman–Crippen MR) is 136 cm³/mol. The Morgan fingerprint density at radius 3 is 2.51 bits per heavy atom. The summed E-state index contributed by atoms with van der Waals surface area (Å²) in [6.07, 6.45) is 3.66. The fourth-order valence-corrected chi connectivity index (χ4v) is 4.44. The molecular formula is C29H25N3O3. The van der Waals surface area contributed by atoms with Gasteiger partial charge >= 0.3 is 0 Å². The number of carbonyl (C=O) groups excluding carboxylic acids is 2. The van der Waals surface area contributed by atoms with Gasteiger partial charge in [0.25, 0.3) is 11.8 Å². The van der Waals surface area contributed by atoms with Gasteiger partial charge in [-0.3, -0.25) is 14.6 Å². The first kappa shape index (κ1) is 22.5. The molecule has 1 aliphatic heterocycles. The summed E-state index contributed by atoms with van der Waals surface area (Å²) in [5.74, 6) is -0.406. The van der Waals surface area contributed by atoms with Crippen LogP contribution in [0.4, 0.5) is 0 Å². The van der Waals surface area contributed by atoms with Gasteiger partial charge in [-0.1, -0.05) is 66.7 Å². The largest absolute Gasteiger partial charge is 0.379 e. The van der Waals surface area contributed by atoms with Gasteiger partial charge in [-0.05, 0) is 29.3 Å². The topological polar surface area (TPSA) is 71.5 Å². The number of fused-ring (bicyclic) bond motifs is 1. The molecule has 35 heavy (non-hydrogen) atoms. The van der Waals surface area contributed by atoms with Crippen molar-refractivity contribution in [1.29, 1.82) is 0 Å². The lowest BCUT2D eigenvalue weighted by molar-refractivity contribution is 0.0742. The molecule has 1 unspecified atom stereocenters. The third kappa shape index (κ3) is 4.56. The first-order valence-electron chi connectivity index (χ1n) is 11.5. The number of aromatic nitrogens is 1. The molecule has 1 aromatic heterocycles. The van der Waals surface area contributed by atoms with E-state index < -0.39 is 0 Å². The highest BCUT2D eigenvalue weighted by Crippen LogP contribution is 2.30. The van der Waals surface area contributed by atoms with Gasteiger partial charge < -0.3 is 15.0 Å². The first-order valence-corrected chi connectivity index (χ1v) is 11.5. The molecule has 4 aromatic rings. The number of amides is 2. The van der Waals surface area contributed by atoms with Gasteiger partial charge in [-0.15, -0.1) is 0 Å². The molecule has 6 heteroatoms. The molecule has 5 rings (SSSR count). The Balaban J connectivity index is 1.44. The second kappa shape index (κ2) is 9.91. The zero-order valence-electron chi connectivity index (χ0n) is 19.3. The monoisotopic (exact) mass is 463 g/mol. The molecule has 3 aromatic carbocycles. The van der Waals surface area contributed by atoms with E-state index in [1.54, 1.807) is 30.5 Å². The molecule has 0 aliphatic carbocycles. The Kier molecular flexibility index (Phi) is 6.37. The number of hydrogen-bond acceptors (Lipinski definition) is 4. The van der Waals surface area contributed by atoms with E-state index in [-0.39, 0.29) is 17.9 Å². The summed E-state index contributed by atoms with van der Waals surface area (Å²) in [5.41, 5.74) is 4.26. The molecule has 1 aliphatic rings. The maximum atomic E-state index is 13.7. The molecule has 0 spiro atoms. The molecule has 1 N–H and O–H groups in total. The van der Waals surface area contributed by atoms with Gasteiger partial charge in [0.2, 0.25) is 0 Å². The molecule has 1 fully saturated rings. The molecule has 0 bridgehead atoms. The Morgan fingerprint density at radius 2 is 1.69 bits per heavy atom. The Labute approximate surface area is 203 Å². The number of ether oxygens (including phenoxy) is 1. The number of carbonyl (C=O) groups is 2. The van der Waals surface area contributed by atoms with Crippen LogP contribution in [0.25, 0.3) is 22.0 Å². The molecule has 0 radical (unpaired) electrons. The number of nitrogens with zero attached hydrogens (tertiary/aromatic N) is 2. The Bertz CT molecular complexity index is 1410. The highest BCUT2D eigenvalue weighted by atomic mass is 16.5. The molecule has 1 atom stereocenters. The maximum Gasteiger partial charge on any atom is 0.258 e. The van der Waals surface area contributed by atoms with E-state index >= 15 is 0 Å². The smallest absolute Gasteiger partial charge is 0.258 e. The highest BCUT2D eigenvalue weighted by Gasteiger charge is 2.32. The zero-order valence-corrected chi connectivity index (χ0v) is 19.3. The van der Waals surface area contributed by atoms with Gasteiger partial charge in [0.15, 0.2) is 0 Å². The summed E-state index contributed by atoms with van der Waals surface area (Å²) in [4.78, 5) is 32.8. The summed E-state index contributed by atoms with van der Waals surface area (Å²) in [6.45, 7) is 0.413. The molecule has 1 saturated heterocycles. The summed E-state index contributed by atoms with van der Waals surface area (Å²) >= 11 is 0. The predicted octanol–water partition coefficient (Wildman–Crippen LogP) is 5.03. The standard InChI is InChI=1S/C29H25N3O3/c1-35-23-17-22(18-31-28(33)26-15-7-11-21-12-8-16-30-27(21)26)32(19-23)29(34)25-14-6-5-13-24(25)20-9-3-2-4-10-20/h2-16,18,23H,17,19H2,1H3,(H,31,33). The zero-order chi connectivity index (χ0) is 24.2. The van der Waals surface area contributed by atoms with Crippen LogP contribution in [0.5, 0.6) is 0 Å². The second-order valence-electron chi connectivity index (χ2n) is 8.38. The van der Waals surface area contributed by atoms with E-state index in [2.05, 4.69) is 10.3 Å². The number of benzene rings is 3. The van der Waals surface area contributed by atoms with Crippen molar-refractivity contribution in [2.75, 3.05) is 13.7 Å². The van der Waals surface area contributed by atoms with Crippen molar-refractivity contribution in [3.05, 3.63) is 114 Å². The van der Waals surface area contributed by atoms with Crippen LogP contribution in [0.3, 0.4) is 0 Å². The minimum absolute atomic E-state index is 0.128. The fourth-order valence-electron chi connectivity index (χ4n) is 4.44. The van der Waals surface area contributed by atoms with E-state index in [9.17, 15) is 9.59 Å². The highest BCUT2D eigenvalue weighted by molar-refractivity contribution is 6.06. The molecule has 6 nitrogen and oxygen atoms in total. The van der Waals surface area contributed by atoms with Gasteiger partial charge in [0.05, 0.1) is 23.7 Å². The number of hydrogen-bond donors (Lipinski definition) is 1. The molecule has 0 saturated carbocycles. The summed E-state index contributed by atoms with van der Waals surface area (Å²) < 4.78 is 5.56. The number of nitrogens with one attached hydrogen (secondary N) is 1. The third-order valence-corrected chi connectivity index (χ3v) is 6.24. The van der Waals surface area contributed by atoms with Crippen molar-refractivity contribution >= 4 is 22.7 Å². The molecular weight excluding hydrogens is 438 g/mol. The Hall–Kier alpha value is -4.29. The van der Waals surface area contributed by atoms with Crippen LogP contribution < -0.4 is 5.32 Å². The van der Waals surface area contributed by atoms with Crippen LogP contribution in [0.2, 0.25) is 0 Å². The quantitative estimate of drug-likeness (QED) is 0.450.